The van der Waals surface area contributed by atoms with E-state index in [-0.39, 0.29) is 11.8 Å². The lowest BCUT2D eigenvalue weighted by molar-refractivity contribution is -0.121. The van der Waals surface area contributed by atoms with Crippen LogP contribution in [0.25, 0.3) is 0 Å². The van der Waals surface area contributed by atoms with E-state index in [2.05, 4.69) is 10.3 Å². The van der Waals surface area contributed by atoms with Gasteiger partial charge in [-0.15, -0.1) is 0 Å². The quantitative estimate of drug-likeness (QED) is 0.801. The molecule has 0 saturated carbocycles. The molecule has 114 valence electrons. The van der Waals surface area contributed by atoms with Gasteiger partial charge in [-0.05, 0) is 30.7 Å². The standard InChI is InChI=1S/C17H14N4O2/c1-11-7-5-6-10-13(11)20-16(22)14-15(17(20)23)21(19-18-14)12-8-3-2-4-9-12/h2-10,14-15H,1H3. The highest BCUT2D eigenvalue weighted by molar-refractivity contribution is 6.26. The Morgan fingerprint density at radius 2 is 1.61 bits per heavy atom. The zero-order chi connectivity index (χ0) is 16.0. The van der Waals surface area contributed by atoms with E-state index >= 15 is 0 Å². The van der Waals surface area contributed by atoms with Crippen LogP contribution in [0.2, 0.25) is 0 Å². The summed E-state index contributed by atoms with van der Waals surface area (Å²) in [4.78, 5) is 26.8. The molecule has 2 heterocycles. The Labute approximate surface area is 133 Å². The fourth-order valence-electron chi connectivity index (χ4n) is 3.01. The Kier molecular flexibility index (Phi) is 2.97. The predicted octanol–water partition coefficient (Wildman–Crippen LogP) is 2.49. The van der Waals surface area contributed by atoms with Crippen molar-refractivity contribution in [3.05, 3.63) is 60.2 Å². The van der Waals surface area contributed by atoms with Crippen LogP contribution < -0.4 is 9.91 Å². The number of amides is 2. The summed E-state index contributed by atoms with van der Waals surface area (Å²) in [5, 5.41) is 9.59. The van der Waals surface area contributed by atoms with Gasteiger partial charge in [0.1, 0.15) is 0 Å². The average Bonchev–Trinajstić information content (AvgIpc) is 3.11. The lowest BCUT2D eigenvalue weighted by Crippen LogP contribution is -2.40. The average molecular weight is 306 g/mol. The van der Waals surface area contributed by atoms with E-state index in [0.29, 0.717) is 5.69 Å². The molecule has 0 aliphatic carbocycles. The number of hydrogen-bond donors (Lipinski definition) is 0. The highest BCUT2D eigenvalue weighted by atomic mass is 16.2. The van der Waals surface area contributed by atoms with Gasteiger partial charge in [0, 0.05) is 0 Å². The molecule has 2 amide bonds. The van der Waals surface area contributed by atoms with Gasteiger partial charge >= 0.3 is 0 Å². The molecule has 2 aliphatic heterocycles. The van der Waals surface area contributed by atoms with Crippen molar-refractivity contribution >= 4 is 23.2 Å². The number of fused-ring (bicyclic) bond motifs is 1. The van der Waals surface area contributed by atoms with Crippen molar-refractivity contribution in [2.45, 2.75) is 19.0 Å². The van der Waals surface area contributed by atoms with Gasteiger partial charge in [-0.3, -0.25) is 9.59 Å². The summed E-state index contributed by atoms with van der Waals surface area (Å²) in [6, 6.07) is 15.1. The SMILES string of the molecule is Cc1ccccc1N1C(=O)C2N=NN(c3ccccc3)C2C1=O. The number of para-hydroxylation sites is 2. The largest absolute Gasteiger partial charge is 0.271 e. The van der Waals surface area contributed by atoms with Gasteiger partial charge < -0.3 is 0 Å². The Morgan fingerprint density at radius 1 is 0.913 bits per heavy atom. The molecular weight excluding hydrogens is 292 g/mol. The normalized spacial score (nSPS) is 22.8. The number of rotatable bonds is 2. The maximum absolute atomic E-state index is 12.9. The third-order valence-corrected chi connectivity index (χ3v) is 4.16. The zero-order valence-corrected chi connectivity index (χ0v) is 12.5. The molecule has 0 spiro atoms. The molecule has 2 aliphatic rings. The van der Waals surface area contributed by atoms with Gasteiger partial charge in [0.2, 0.25) is 0 Å². The maximum atomic E-state index is 12.9. The summed E-state index contributed by atoms with van der Waals surface area (Å²) >= 11 is 0. The molecule has 2 aromatic rings. The Bertz CT molecular complexity index is 818. The van der Waals surface area contributed by atoms with Crippen molar-refractivity contribution in [1.82, 2.24) is 0 Å². The van der Waals surface area contributed by atoms with Crippen LogP contribution in [-0.4, -0.2) is 23.9 Å². The van der Waals surface area contributed by atoms with Crippen LogP contribution in [0.15, 0.2) is 64.9 Å². The Balaban J connectivity index is 1.74. The second-order valence-corrected chi connectivity index (χ2v) is 5.57. The van der Waals surface area contributed by atoms with Crippen molar-refractivity contribution in [2.24, 2.45) is 10.3 Å². The zero-order valence-electron chi connectivity index (χ0n) is 12.5. The molecule has 0 bridgehead atoms. The topological polar surface area (TPSA) is 65.3 Å². The third kappa shape index (κ3) is 1.95. The molecule has 1 fully saturated rings. The molecule has 0 N–H and O–H groups in total. The van der Waals surface area contributed by atoms with Gasteiger partial charge in [-0.2, -0.15) is 5.11 Å². The van der Waals surface area contributed by atoms with E-state index in [1.807, 2.05) is 55.5 Å². The van der Waals surface area contributed by atoms with E-state index in [1.165, 1.54) is 9.91 Å². The van der Waals surface area contributed by atoms with Crippen LogP contribution in [0.1, 0.15) is 5.56 Å². The first kappa shape index (κ1) is 13.6. The summed E-state index contributed by atoms with van der Waals surface area (Å²) in [6.45, 7) is 1.88. The summed E-state index contributed by atoms with van der Waals surface area (Å²) in [5.74, 6) is -0.611. The third-order valence-electron chi connectivity index (χ3n) is 4.16. The van der Waals surface area contributed by atoms with E-state index in [4.69, 9.17) is 0 Å². The van der Waals surface area contributed by atoms with Crippen LogP contribution in [0.4, 0.5) is 11.4 Å². The van der Waals surface area contributed by atoms with Gasteiger partial charge in [0.25, 0.3) is 11.8 Å². The minimum Gasteiger partial charge on any atom is -0.271 e. The van der Waals surface area contributed by atoms with Crippen molar-refractivity contribution < 1.29 is 9.59 Å². The first-order chi connectivity index (χ1) is 11.2. The molecule has 2 unspecified atom stereocenters. The number of hydrogen-bond acceptors (Lipinski definition) is 5. The fraction of sp³-hybridized carbons (Fsp3) is 0.176. The van der Waals surface area contributed by atoms with Crippen LogP contribution in [0.5, 0.6) is 0 Å². The van der Waals surface area contributed by atoms with E-state index in [9.17, 15) is 9.59 Å². The highest BCUT2D eigenvalue weighted by Gasteiger charge is 2.55. The first-order valence-electron chi connectivity index (χ1n) is 7.37. The minimum absolute atomic E-state index is 0.289. The van der Waals surface area contributed by atoms with Crippen LogP contribution in [-0.2, 0) is 9.59 Å². The number of aryl methyl sites for hydroxylation is 1. The molecule has 6 nitrogen and oxygen atoms in total. The minimum atomic E-state index is -0.776. The lowest BCUT2D eigenvalue weighted by Gasteiger charge is -2.21. The molecule has 23 heavy (non-hydrogen) atoms. The van der Waals surface area contributed by atoms with Gasteiger partial charge in [0.15, 0.2) is 12.1 Å². The highest BCUT2D eigenvalue weighted by Crippen LogP contribution is 2.35. The van der Waals surface area contributed by atoms with Crippen LogP contribution in [0.3, 0.4) is 0 Å². The summed E-state index contributed by atoms with van der Waals surface area (Å²) in [5.41, 5.74) is 2.23. The molecular formula is C17H14N4O2. The molecule has 0 radical (unpaired) electrons. The van der Waals surface area contributed by atoms with Crippen molar-refractivity contribution in [2.75, 3.05) is 9.91 Å². The van der Waals surface area contributed by atoms with Crippen molar-refractivity contribution in [1.29, 1.82) is 0 Å². The molecule has 1 saturated heterocycles. The number of imide groups is 1. The molecule has 4 rings (SSSR count). The van der Waals surface area contributed by atoms with Crippen LogP contribution >= 0.6 is 0 Å². The van der Waals surface area contributed by atoms with Crippen molar-refractivity contribution in [3.63, 3.8) is 0 Å². The Morgan fingerprint density at radius 3 is 2.35 bits per heavy atom. The monoisotopic (exact) mass is 306 g/mol. The summed E-state index contributed by atoms with van der Waals surface area (Å²) < 4.78 is 0. The van der Waals surface area contributed by atoms with E-state index in [0.717, 1.165) is 11.3 Å². The number of anilines is 2. The first-order valence-corrected chi connectivity index (χ1v) is 7.37. The van der Waals surface area contributed by atoms with E-state index < -0.39 is 12.1 Å². The van der Waals surface area contributed by atoms with Crippen LogP contribution in [0, 0.1) is 6.92 Å². The molecule has 2 atom stereocenters. The van der Waals surface area contributed by atoms with E-state index in [1.54, 1.807) is 6.07 Å². The van der Waals surface area contributed by atoms with Gasteiger partial charge in [0.05, 0.1) is 11.4 Å². The van der Waals surface area contributed by atoms with Gasteiger partial charge in [-0.1, -0.05) is 41.6 Å². The Hall–Kier alpha value is -3.02. The maximum Gasteiger partial charge on any atom is 0.263 e. The summed E-state index contributed by atoms with van der Waals surface area (Å²) in [6.07, 6.45) is 0. The predicted molar refractivity (Wildman–Crippen MR) is 85.0 cm³/mol. The fourth-order valence-corrected chi connectivity index (χ4v) is 3.01. The number of carbonyl (C=O) groups excluding carboxylic acids is 2. The lowest BCUT2D eigenvalue weighted by atomic mass is 10.1. The number of benzene rings is 2. The smallest absolute Gasteiger partial charge is 0.263 e. The van der Waals surface area contributed by atoms with Gasteiger partial charge in [-0.25, -0.2) is 9.91 Å². The molecule has 6 heteroatoms. The number of carbonyl (C=O) groups is 2. The molecule has 2 aromatic carbocycles. The summed E-state index contributed by atoms with van der Waals surface area (Å²) in [7, 11) is 0. The van der Waals surface area contributed by atoms with Crippen molar-refractivity contribution in [3.8, 4) is 0 Å². The second kappa shape index (κ2) is 5.01. The second-order valence-electron chi connectivity index (χ2n) is 5.57. The molecule has 0 aromatic heterocycles. The number of nitrogens with zero attached hydrogens (tertiary/aromatic N) is 4.